The van der Waals surface area contributed by atoms with Gasteiger partial charge in [-0.05, 0) is 43.7 Å². The standard InChI is InChI=1S/C13H14BrF3N2O/c1-8-6-9(14)2-3-10(8)19-11(20)12(13(15,16)17)4-5-18-7-12/h2-3,6,18H,4-5,7H2,1H3,(H,19,20). The van der Waals surface area contributed by atoms with Crippen LogP contribution in [0.15, 0.2) is 22.7 Å². The Bertz CT molecular complexity index is 525. The van der Waals surface area contributed by atoms with Gasteiger partial charge in [-0.15, -0.1) is 0 Å². The van der Waals surface area contributed by atoms with Crippen LogP contribution in [0.5, 0.6) is 0 Å². The number of aryl methyl sites for hydroxylation is 1. The molecule has 0 spiro atoms. The smallest absolute Gasteiger partial charge is 0.325 e. The molecular formula is C13H14BrF3N2O. The molecule has 2 rings (SSSR count). The molecule has 0 aromatic heterocycles. The van der Waals surface area contributed by atoms with Crippen molar-refractivity contribution in [3.05, 3.63) is 28.2 Å². The topological polar surface area (TPSA) is 41.1 Å². The first-order valence-corrected chi connectivity index (χ1v) is 6.91. The summed E-state index contributed by atoms with van der Waals surface area (Å²) in [5, 5.41) is 5.03. The molecule has 1 aliphatic rings. The molecule has 2 N–H and O–H groups in total. The number of alkyl halides is 3. The third-order valence-corrected chi connectivity index (χ3v) is 4.06. The van der Waals surface area contributed by atoms with Crippen LogP contribution in [0.25, 0.3) is 0 Å². The van der Waals surface area contributed by atoms with Gasteiger partial charge in [-0.2, -0.15) is 13.2 Å². The van der Waals surface area contributed by atoms with Crippen molar-refractivity contribution in [2.45, 2.75) is 19.5 Å². The molecule has 7 heteroatoms. The summed E-state index contributed by atoms with van der Waals surface area (Å²) in [4.78, 5) is 12.1. The lowest BCUT2D eigenvalue weighted by atomic mass is 9.85. The van der Waals surface area contributed by atoms with Crippen molar-refractivity contribution in [1.29, 1.82) is 0 Å². The summed E-state index contributed by atoms with van der Waals surface area (Å²) in [7, 11) is 0. The number of anilines is 1. The van der Waals surface area contributed by atoms with Gasteiger partial charge in [-0.25, -0.2) is 0 Å². The molecule has 1 aliphatic heterocycles. The number of hydrogen-bond acceptors (Lipinski definition) is 2. The van der Waals surface area contributed by atoms with Gasteiger partial charge in [-0.3, -0.25) is 4.79 Å². The zero-order chi connectivity index (χ0) is 15.0. The summed E-state index contributed by atoms with van der Waals surface area (Å²) in [5.41, 5.74) is -1.24. The van der Waals surface area contributed by atoms with Crippen LogP contribution in [0, 0.1) is 12.3 Å². The van der Waals surface area contributed by atoms with Gasteiger partial charge in [0.05, 0.1) is 0 Å². The minimum atomic E-state index is -4.57. The second kappa shape index (κ2) is 5.37. The maximum Gasteiger partial charge on any atom is 0.404 e. The number of carbonyl (C=O) groups excluding carboxylic acids is 1. The molecular weight excluding hydrogens is 337 g/mol. The lowest BCUT2D eigenvalue weighted by molar-refractivity contribution is -0.213. The zero-order valence-corrected chi connectivity index (χ0v) is 12.4. The number of nitrogens with one attached hydrogen (secondary N) is 2. The van der Waals surface area contributed by atoms with Crippen LogP contribution in [0.3, 0.4) is 0 Å². The van der Waals surface area contributed by atoms with E-state index in [1.807, 2.05) is 0 Å². The maximum absolute atomic E-state index is 13.2. The normalized spacial score (nSPS) is 22.9. The lowest BCUT2D eigenvalue weighted by Gasteiger charge is -2.29. The van der Waals surface area contributed by atoms with Crippen molar-refractivity contribution in [1.82, 2.24) is 5.32 Å². The summed E-state index contributed by atoms with van der Waals surface area (Å²) in [5.74, 6) is -1.000. The van der Waals surface area contributed by atoms with E-state index in [1.165, 1.54) is 0 Å². The van der Waals surface area contributed by atoms with Crippen LogP contribution in [0.1, 0.15) is 12.0 Å². The molecule has 20 heavy (non-hydrogen) atoms. The van der Waals surface area contributed by atoms with E-state index in [9.17, 15) is 18.0 Å². The highest BCUT2D eigenvalue weighted by molar-refractivity contribution is 9.10. The van der Waals surface area contributed by atoms with Gasteiger partial charge in [0, 0.05) is 16.7 Å². The van der Waals surface area contributed by atoms with Crippen molar-refractivity contribution in [2.24, 2.45) is 5.41 Å². The fourth-order valence-electron chi connectivity index (χ4n) is 2.27. The Morgan fingerprint density at radius 2 is 2.15 bits per heavy atom. The first-order valence-electron chi connectivity index (χ1n) is 6.11. The van der Waals surface area contributed by atoms with E-state index in [2.05, 4.69) is 26.6 Å². The molecule has 0 saturated carbocycles. The molecule has 1 amide bonds. The molecule has 1 aromatic carbocycles. The van der Waals surface area contributed by atoms with Gasteiger partial charge in [0.1, 0.15) is 0 Å². The monoisotopic (exact) mass is 350 g/mol. The van der Waals surface area contributed by atoms with Crippen molar-refractivity contribution in [2.75, 3.05) is 18.4 Å². The van der Waals surface area contributed by atoms with Crippen LogP contribution >= 0.6 is 15.9 Å². The quantitative estimate of drug-likeness (QED) is 0.859. The Balaban J connectivity index is 2.26. The average molecular weight is 351 g/mol. The van der Waals surface area contributed by atoms with Crippen molar-refractivity contribution in [3.8, 4) is 0 Å². The van der Waals surface area contributed by atoms with Gasteiger partial charge in [0.15, 0.2) is 5.41 Å². The van der Waals surface area contributed by atoms with E-state index in [1.54, 1.807) is 25.1 Å². The van der Waals surface area contributed by atoms with Gasteiger partial charge in [0.25, 0.3) is 0 Å². The first-order chi connectivity index (χ1) is 9.26. The largest absolute Gasteiger partial charge is 0.404 e. The average Bonchev–Trinajstić information content (AvgIpc) is 2.82. The fraction of sp³-hybridized carbons (Fsp3) is 0.462. The van der Waals surface area contributed by atoms with Gasteiger partial charge < -0.3 is 10.6 Å². The predicted molar refractivity (Wildman–Crippen MR) is 73.5 cm³/mol. The maximum atomic E-state index is 13.2. The van der Waals surface area contributed by atoms with Crippen LogP contribution in [0.2, 0.25) is 0 Å². The Morgan fingerprint density at radius 3 is 2.65 bits per heavy atom. The molecule has 1 aromatic rings. The summed E-state index contributed by atoms with van der Waals surface area (Å²) < 4.78 is 40.5. The predicted octanol–water partition coefficient (Wildman–Crippen LogP) is 3.24. The number of amides is 1. The lowest BCUT2D eigenvalue weighted by Crippen LogP contribution is -2.49. The molecule has 0 aliphatic carbocycles. The second-order valence-electron chi connectivity index (χ2n) is 4.92. The van der Waals surface area contributed by atoms with E-state index < -0.39 is 17.5 Å². The molecule has 1 unspecified atom stereocenters. The van der Waals surface area contributed by atoms with Crippen LogP contribution < -0.4 is 10.6 Å². The Labute approximate surface area is 123 Å². The van der Waals surface area contributed by atoms with E-state index in [-0.39, 0.29) is 19.5 Å². The highest BCUT2D eigenvalue weighted by Gasteiger charge is 2.61. The van der Waals surface area contributed by atoms with E-state index in [4.69, 9.17) is 0 Å². The molecule has 1 atom stereocenters. The molecule has 1 saturated heterocycles. The first kappa shape index (κ1) is 15.3. The highest BCUT2D eigenvalue weighted by atomic mass is 79.9. The summed E-state index contributed by atoms with van der Waals surface area (Å²) in [6.07, 6.45) is -4.80. The third kappa shape index (κ3) is 2.69. The summed E-state index contributed by atoms with van der Waals surface area (Å²) >= 11 is 3.27. The zero-order valence-electron chi connectivity index (χ0n) is 10.8. The Morgan fingerprint density at radius 1 is 1.45 bits per heavy atom. The minimum absolute atomic E-state index is 0.187. The van der Waals surface area contributed by atoms with Gasteiger partial charge in [-0.1, -0.05) is 15.9 Å². The van der Waals surface area contributed by atoms with Crippen molar-refractivity contribution >= 4 is 27.5 Å². The van der Waals surface area contributed by atoms with E-state index in [0.717, 1.165) is 4.47 Å². The number of benzene rings is 1. The molecule has 1 fully saturated rings. The number of carbonyl (C=O) groups is 1. The SMILES string of the molecule is Cc1cc(Br)ccc1NC(=O)C1(C(F)(F)F)CCNC1. The molecule has 1 heterocycles. The van der Waals surface area contributed by atoms with Gasteiger partial charge >= 0.3 is 6.18 Å². The van der Waals surface area contributed by atoms with Crippen LogP contribution in [-0.4, -0.2) is 25.2 Å². The molecule has 0 radical (unpaired) electrons. The minimum Gasteiger partial charge on any atom is -0.325 e. The number of hydrogen-bond donors (Lipinski definition) is 2. The molecule has 110 valence electrons. The highest BCUT2D eigenvalue weighted by Crippen LogP contribution is 2.44. The van der Waals surface area contributed by atoms with Gasteiger partial charge in [0.2, 0.25) is 5.91 Å². The molecule has 0 bridgehead atoms. The second-order valence-corrected chi connectivity index (χ2v) is 5.84. The fourth-order valence-corrected chi connectivity index (χ4v) is 2.74. The Hall–Kier alpha value is -1.08. The summed E-state index contributed by atoms with van der Waals surface area (Å²) in [6, 6.07) is 5.00. The Kier molecular flexibility index (Phi) is 4.11. The van der Waals surface area contributed by atoms with Crippen LogP contribution in [-0.2, 0) is 4.79 Å². The van der Waals surface area contributed by atoms with E-state index >= 15 is 0 Å². The number of halogens is 4. The summed E-state index contributed by atoms with van der Waals surface area (Å²) in [6.45, 7) is 1.54. The number of rotatable bonds is 2. The van der Waals surface area contributed by atoms with Crippen molar-refractivity contribution < 1.29 is 18.0 Å². The van der Waals surface area contributed by atoms with Crippen molar-refractivity contribution in [3.63, 3.8) is 0 Å². The third-order valence-electron chi connectivity index (χ3n) is 3.57. The van der Waals surface area contributed by atoms with Crippen LogP contribution in [0.4, 0.5) is 18.9 Å². The van der Waals surface area contributed by atoms with E-state index in [0.29, 0.717) is 11.3 Å². The molecule has 3 nitrogen and oxygen atoms in total.